The van der Waals surface area contributed by atoms with E-state index in [4.69, 9.17) is 0 Å². The van der Waals surface area contributed by atoms with Crippen molar-refractivity contribution in [2.75, 3.05) is 0 Å². The van der Waals surface area contributed by atoms with Crippen LogP contribution in [0.3, 0.4) is 0 Å². The summed E-state index contributed by atoms with van der Waals surface area (Å²) in [7, 11) is 0.210. The topological polar surface area (TPSA) is 0 Å². The van der Waals surface area contributed by atoms with Gasteiger partial charge in [-0.25, -0.2) is 0 Å². The molecule has 9 heavy (non-hydrogen) atoms. The number of hydrogen-bond acceptors (Lipinski definition) is 0. The molecule has 0 aromatic heterocycles. The lowest BCUT2D eigenvalue weighted by Crippen LogP contribution is -1.80. The van der Waals surface area contributed by atoms with Crippen molar-refractivity contribution in [1.29, 1.82) is 0 Å². The zero-order chi connectivity index (χ0) is 6.95. The summed E-state index contributed by atoms with van der Waals surface area (Å²) >= 11 is 0. The van der Waals surface area contributed by atoms with Gasteiger partial charge in [-0.15, -0.1) is 5.70 Å². The molecule has 0 amide bonds. The first-order valence-corrected chi connectivity index (χ1v) is 5.88. The van der Waals surface area contributed by atoms with Gasteiger partial charge in [-0.05, 0) is 6.42 Å². The molecular formula is C8H18Si. The molecule has 0 N–H and O–H groups in total. The van der Waals surface area contributed by atoms with E-state index in [0.29, 0.717) is 0 Å². The van der Waals surface area contributed by atoms with Crippen molar-refractivity contribution in [3.63, 3.8) is 0 Å². The SMILES string of the molecule is CCC/C=C/[SiH2]CCC. The number of allylic oxidation sites excluding steroid dienone is 1. The Balaban J connectivity index is 2.86. The first-order valence-electron chi connectivity index (χ1n) is 4.06. The fourth-order valence-corrected chi connectivity index (χ4v) is 1.84. The molecule has 0 saturated carbocycles. The minimum atomic E-state index is 0.210. The molecule has 0 heterocycles. The molecule has 0 fully saturated rings. The predicted octanol–water partition coefficient (Wildman–Crippen LogP) is 2.30. The van der Waals surface area contributed by atoms with Crippen molar-refractivity contribution in [2.45, 2.75) is 39.2 Å². The molecule has 0 radical (unpaired) electrons. The summed E-state index contributed by atoms with van der Waals surface area (Å²) in [6.45, 7) is 4.49. The molecule has 0 rings (SSSR count). The van der Waals surface area contributed by atoms with E-state index in [2.05, 4.69) is 25.6 Å². The second kappa shape index (κ2) is 7.96. The van der Waals surface area contributed by atoms with Gasteiger partial charge in [-0.2, -0.15) is 0 Å². The maximum Gasteiger partial charge on any atom is 0.0449 e. The summed E-state index contributed by atoms with van der Waals surface area (Å²) < 4.78 is 0. The molecule has 0 unspecified atom stereocenters. The predicted molar refractivity (Wildman–Crippen MR) is 47.7 cm³/mol. The summed E-state index contributed by atoms with van der Waals surface area (Å²) in [5.41, 5.74) is 2.44. The van der Waals surface area contributed by atoms with Crippen molar-refractivity contribution >= 4 is 9.52 Å². The Kier molecular flexibility index (Phi) is 7.92. The number of hydrogen-bond donors (Lipinski definition) is 0. The molecule has 0 atom stereocenters. The molecule has 0 aliphatic heterocycles. The standard InChI is InChI=1S/C8H18Si/c1-3-5-6-8-9-7-4-2/h6,8H,3-5,7,9H2,1-2H3/b8-6+. The number of unbranched alkanes of at least 4 members (excludes halogenated alkanes) is 1. The van der Waals surface area contributed by atoms with E-state index < -0.39 is 0 Å². The van der Waals surface area contributed by atoms with Crippen molar-refractivity contribution in [3.05, 3.63) is 11.8 Å². The van der Waals surface area contributed by atoms with Crippen LogP contribution in [0.1, 0.15) is 33.1 Å². The van der Waals surface area contributed by atoms with Crippen LogP contribution < -0.4 is 0 Å². The minimum Gasteiger partial charge on any atom is -0.105 e. The first-order chi connectivity index (χ1) is 4.41. The van der Waals surface area contributed by atoms with Crippen LogP contribution in [0.25, 0.3) is 0 Å². The van der Waals surface area contributed by atoms with E-state index in [1.165, 1.54) is 25.3 Å². The van der Waals surface area contributed by atoms with Crippen LogP contribution in [0.5, 0.6) is 0 Å². The van der Waals surface area contributed by atoms with Gasteiger partial charge in [0.2, 0.25) is 0 Å². The zero-order valence-corrected chi connectivity index (χ0v) is 8.10. The van der Waals surface area contributed by atoms with Crippen LogP contribution in [0.2, 0.25) is 6.04 Å². The van der Waals surface area contributed by atoms with Crippen LogP contribution in [-0.4, -0.2) is 9.52 Å². The molecule has 0 aliphatic carbocycles. The molecule has 0 aromatic rings. The van der Waals surface area contributed by atoms with Gasteiger partial charge in [0.1, 0.15) is 0 Å². The maximum atomic E-state index is 2.44. The van der Waals surface area contributed by atoms with Gasteiger partial charge in [-0.1, -0.05) is 38.8 Å². The summed E-state index contributed by atoms with van der Waals surface area (Å²) in [5.74, 6) is 0. The Morgan fingerprint density at radius 3 is 2.56 bits per heavy atom. The van der Waals surface area contributed by atoms with E-state index in [-0.39, 0.29) is 9.52 Å². The summed E-state index contributed by atoms with van der Waals surface area (Å²) in [5, 5.41) is 0. The average Bonchev–Trinajstić information content (AvgIpc) is 1.89. The van der Waals surface area contributed by atoms with Crippen LogP contribution in [0, 0.1) is 0 Å². The smallest absolute Gasteiger partial charge is 0.0449 e. The Bertz CT molecular complexity index is 67.0. The highest BCUT2D eigenvalue weighted by molar-refractivity contribution is 6.41. The minimum absolute atomic E-state index is 0.210. The summed E-state index contributed by atoms with van der Waals surface area (Å²) in [6, 6.07) is 1.49. The van der Waals surface area contributed by atoms with E-state index in [0.717, 1.165) is 0 Å². The van der Waals surface area contributed by atoms with Crippen LogP contribution in [-0.2, 0) is 0 Å². The second-order valence-electron chi connectivity index (χ2n) is 2.40. The van der Waals surface area contributed by atoms with Gasteiger partial charge in [0.15, 0.2) is 0 Å². The summed E-state index contributed by atoms with van der Waals surface area (Å²) in [4.78, 5) is 0. The Morgan fingerprint density at radius 1 is 1.22 bits per heavy atom. The molecule has 0 aromatic carbocycles. The molecule has 1 heteroatoms. The van der Waals surface area contributed by atoms with Crippen molar-refractivity contribution < 1.29 is 0 Å². The van der Waals surface area contributed by atoms with Gasteiger partial charge in [-0.3, -0.25) is 0 Å². The van der Waals surface area contributed by atoms with E-state index in [9.17, 15) is 0 Å². The highest BCUT2D eigenvalue weighted by atomic mass is 28.2. The Morgan fingerprint density at radius 2 is 2.00 bits per heavy atom. The third kappa shape index (κ3) is 7.96. The molecular weight excluding hydrogens is 124 g/mol. The van der Waals surface area contributed by atoms with Crippen LogP contribution in [0.15, 0.2) is 11.8 Å². The quantitative estimate of drug-likeness (QED) is 0.408. The van der Waals surface area contributed by atoms with Crippen molar-refractivity contribution in [2.24, 2.45) is 0 Å². The maximum absolute atomic E-state index is 2.44. The van der Waals surface area contributed by atoms with Gasteiger partial charge in [0.25, 0.3) is 0 Å². The third-order valence-electron chi connectivity index (χ3n) is 1.35. The normalized spacial score (nSPS) is 12.2. The molecule has 0 aliphatic rings. The van der Waals surface area contributed by atoms with Crippen molar-refractivity contribution in [3.8, 4) is 0 Å². The Hall–Kier alpha value is -0.0431. The van der Waals surface area contributed by atoms with Gasteiger partial charge in [0, 0.05) is 9.52 Å². The number of rotatable bonds is 5. The fraction of sp³-hybridized carbons (Fsp3) is 0.750. The second-order valence-corrected chi connectivity index (χ2v) is 4.16. The fourth-order valence-electron chi connectivity index (χ4n) is 0.724. The largest absolute Gasteiger partial charge is 0.105 e. The van der Waals surface area contributed by atoms with E-state index in [1.807, 2.05) is 0 Å². The van der Waals surface area contributed by atoms with Gasteiger partial charge >= 0.3 is 0 Å². The third-order valence-corrected chi connectivity index (χ3v) is 3.13. The first kappa shape index (κ1) is 8.96. The summed E-state index contributed by atoms with van der Waals surface area (Å²) in [6.07, 6.45) is 6.32. The van der Waals surface area contributed by atoms with Gasteiger partial charge in [0.05, 0.1) is 0 Å². The van der Waals surface area contributed by atoms with Crippen LogP contribution >= 0.6 is 0 Å². The highest BCUT2D eigenvalue weighted by Gasteiger charge is 1.77. The van der Waals surface area contributed by atoms with E-state index in [1.54, 1.807) is 0 Å². The zero-order valence-electron chi connectivity index (χ0n) is 6.69. The van der Waals surface area contributed by atoms with Crippen LogP contribution in [0.4, 0.5) is 0 Å². The van der Waals surface area contributed by atoms with E-state index >= 15 is 0 Å². The lowest BCUT2D eigenvalue weighted by atomic mass is 10.3. The average molecular weight is 142 g/mol. The lowest BCUT2D eigenvalue weighted by Gasteiger charge is -1.86. The molecule has 0 saturated heterocycles. The Labute approximate surface area is 61.2 Å². The van der Waals surface area contributed by atoms with Crippen molar-refractivity contribution in [1.82, 2.24) is 0 Å². The van der Waals surface area contributed by atoms with Gasteiger partial charge < -0.3 is 0 Å². The molecule has 0 spiro atoms. The molecule has 0 nitrogen and oxygen atoms in total. The highest BCUT2D eigenvalue weighted by Crippen LogP contribution is 1.90. The monoisotopic (exact) mass is 142 g/mol. The lowest BCUT2D eigenvalue weighted by molar-refractivity contribution is 0.959. The molecule has 0 bridgehead atoms. The molecule has 54 valence electrons.